The van der Waals surface area contributed by atoms with Crippen molar-refractivity contribution in [3.8, 4) is 5.75 Å². The third kappa shape index (κ3) is 5.48. The van der Waals surface area contributed by atoms with Crippen LogP contribution in [-0.4, -0.2) is 43.1 Å². The average molecular weight is 357 g/mol. The second kappa shape index (κ2) is 8.21. The highest BCUT2D eigenvalue weighted by atomic mass is 16.6. The molecule has 0 spiro atoms. The van der Waals surface area contributed by atoms with Crippen molar-refractivity contribution in [3.05, 3.63) is 41.5 Å². The Bertz CT molecular complexity index is 792. The average Bonchev–Trinajstić information content (AvgIpc) is 2.56. The van der Waals surface area contributed by atoms with Crippen LogP contribution in [-0.2, 0) is 4.74 Å². The van der Waals surface area contributed by atoms with Crippen LogP contribution < -0.4 is 4.74 Å². The number of aryl methyl sites for hydroxylation is 1. The van der Waals surface area contributed by atoms with Gasteiger partial charge in [0.1, 0.15) is 11.4 Å². The first kappa shape index (κ1) is 19.8. The Morgan fingerprint density at radius 2 is 1.88 bits per heavy atom. The zero-order chi connectivity index (χ0) is 19.3. The molecule has 0 radical (unpaired) electrons. The topological polar surface area (TPSA) is 55.8 Å². The van der Waals surface area contributed by atoms with E-state index in [9.17, 15) is 9.59 Å². The van der Waals surface area contributed by atoms with Crippen LogP contribution in [0.3, 0.4) is 0 Å². The van der Waals surface area contributed by atoms with Crippen molar-refractivity contribution in [1.29, 1.82) is 0 Å². The lowest BCUT2D eigenvalue weighted by Gasteiger charge is -2.24. The summed E-state index contributed by atoms with van der Waals surface area (Å²) < 4.78 is 11.1. The Morgan fingerprint density at radius 3 is 2.54 bits per heavy atom. The van der Waals surface area contributed by atoms with E-state index in [1.54, 1.807) is 7.05 Å². The molecule has 140 valence electrons. The van der Waals surface area contributed by atoms with Crippen LogP contribution in [0.15, 0.2) is 30.3 Å². The van der Waals surface area contributed by atoms with Gasteiger partial charge in [-0.05, 0) is 57.0 Å². The van der Waals surface area contributed by atoms with Crippen LogP contribution in [0.1, 0.15) is 43.1 Å². The van der Waals surface area contributed by atoms with E-state index in [-0.39, 0.29) is 6.09 Å². The number of amides is 1. The molecule has 0 N–H and O–H groups in total. The van der Waals surface area contributed by atoms with E-state index in [1.807, 2.05) is 52.0 Å². The van der Waals surface area contributed by atoms with Gasteiger partial charge in [-0.25, -0.2) is 4.79 Å². The molecule has 0 aromatic heterocycles. The second-order valence-electron chi connectivity index (χ2n) is 7.46. The van der Waals surface area contributed by atoms with Crippen molar-refractivity contribution in [1.82, 2.24) is 4.90 Å². The first-order valence-electron chi connectivity index (χ1n) is 8.76. The van der Waals surface area contributed by atoms with E-state index in [0.717, 1.165) is 22.6 Å². The number of hydrogen-bond acceptors (Lipinski definition) is 4. The predicted molar refractivity (Wildman–Crippen MR) is 103 cm³/mol. The third-order valence-electron chi connectivity index (χ3n) is 3.85. The number of ether oxygens (including phenoxy) is 2. The normalized spacial score (nSPS) is 11.3. The number of carbonyl (C=O) groups is 2. The molecule has 0 fully saturated rings. The zero-order valence-corrected chi connectivity index (χ0v) is 16.2. The Kier molecular flexibility index (Phi) is 6.24. The van der Waals surface area contributed by atoms with E-state index >= 15 is 0 Å². The molecule has 2 aromatic rings. The molecular formula is C21H27NO4. The molecule has 1 amide bonds. The number of rotatable bonds is 6. The molecule has 0 aliphatic heterocycles. The van der Waals surface area contributed by atoms with Gasteiger partial charge in [0.25, 0.3) is 0 Å². The van der Waals surface area contributed by atoms with Gasteiger partial charge < -0.3 is 14.4 Å². The standard InChI is InChI=1S/C21H27NO4/c1-15-7-8-16-12-18(14-23)19(13-17(16)11-15)25-10-6-9-22(5)20(24)26-21(2,3)4/h7-8,11-14H,6,9-10H2,1-5H3. The minimum atomic E-state index is -0.510. The van der Waals surface area contributed by atoms with Gasteiger partial charge in [0.2, 0.25) is 0 Å². The number of nitrogens with zero attached hydrogens (tertiary/aromatic N) is 1. The lowest BCUT2D eigenvalue weighted by atomic mass is 10.0. The Balaban J connectivity index is 1.95. The lowest BCUT2D eigenvalue weighted by molar-refractivity contribution is 0.0292. The maximum absolute atomic E-state index is 11.9. The number of fused-ring (bicyclic) bond motifs is 1. The first-order valence-corrected chi connectivity index (χ1v) is 8.76. The van der Waals surface area contributed by atoms with E-state index in [4.69, 9.17) is 9.47 Å². The Morgan fingerprint density at radius 1 is 1.15 bits per heavy atom. The van der Waals surface area contributed by atoms with Crippen molar-refractivity contribution in [2.24, 2.45) is 0 Å². The summed E-state index contributed by atoms with van der Waals surface area (Å²) in [7, 11) is 1.70. The Labute approximate surface area is 154 Å². The summed E-state index contributed by atoms with van der Waals surface area (Å²) in [6.07, 6.45) is 1.09. The van der Waals surface area contributed by atoms with Crippen LogP contribution in [0.25, 0.3) is 10.8 Å². The van der Waals surface area contributed by atoms with Crippen molar-refractivity contribution in [2.75, 3.05) is 20.2 Å². The zero-order valence-electron chi connectivity index (χ0n) is 16.2. The summed E-state index contributed by atoms with van der Waals surface area (Å²) in [5, 5.41) is 2.05. The molecule has 2 rings (SSSR count). The number of carbonyl (C=O) groups excluding carboxylic acids is 2. The number of aldehydes is 1. The van der Waals surface area contributed by atoms with Crippen LogP contribution in [0.2, 0.25) is 0 Å². The summed E-state index contributed by atoms with van der Waals surface area (Å²) in [6, 6.07) is 9.81. The van der Waals surface area contributed by atoms with Gasteiger partial charge in [-0.3, -0.25) is 4.79 Å². The molecule has 0 aliphatic rings. The summed E-state index contributed by atoms with van der Waals surface area (Å²) in [6.45, 7) is 8.46. The van der Waals surface area contributed by atoms with E-state index in [2.05, 4.69) is 6.07 Å². The fraction of sp³-hybridized carbons (Fsp3) is 0.429. The molecule has 0 unspecified atom stereocenters. The van der Waals surface area contributed by atoms with Crippen LogP contribution in [0, 0.1) is 6.92 Å². The summed E-state index contributed by atoms with van der Waals surface area (Å²) in [5.74, 6) is 0.568. The van der Waals surface area contributed by atoms with Crippen LogP contribution in [0.5, 0.6) is 5.75 Å². The molecule has 2 aromatic carbocycles. The van der Waals surface area contributed by atoms with E-state index in [1.165, 1.54) is 4.90 Å². The molecule has 5 heteroatoms. The molecule has 0 saturated carbocycles. The van der Waals surface area contributed by atoms with E-state index in [0.29, 0.717) is 30.9 Å². The highest BCUT2D eigenvalue weighted by Gasteiger charge is 2.19. The minimum absolute atomic E-state index is 0.354. The van der Waals surface area contributed by atoms with Crippen LogP contribution in [0.4, 0.5) is 4.79 Å². The second-order valence-corrected chi connectivity index (χ2v) is 7.46. The van der Waals surface area contributed by atoms with E-state index < -0.39 is 5.60 Å². The van der Waals surface area contributed by atoms with Crippen molar-refractivity contribution in [3.63, 3.8) is 0 Å². The monoisotopic (exact) mass is 357 g/mol. The molecule has 0 aliphatic carbocycles. The highest BCUT2D eigenvalue weighted by Crippen LogP contribution is 2.26. The quantitative estimate of drug-likeness (QED) is 0.560. The molecule has 0 bridgehead atoms. The fourth-order valence-corrected chi connectivity index (χ4v) is 2.55. The van der Waals surface area contributed by atoms with Gasteiger partial charge >= 0.3 is 6.09 Å². The van der Waals surface area contributed by atoms with Gasteiger partial charge in [0, 0.05) is 13.6 Å². The molecule has 0 heterocycles. The largest absolute Gasteiger partial charge is 0.493 e. The minimum Gasteiger partial charge on any atom is -0.493 e. The number of benzene rings is 2. The first-order chi connectivity index (χ1) is 12.2. The van der Waals surface area contributed by atoms with Crippen molar-refractivity contribution < 1.29 is 19.1 Å². The third-order valence-corrected chi connectivity index (χ3v) is 3.85. The van der Waals surface area contributed by atoms with Crippen molar-refractivity contribution >= 4 is 23.2 Å². The predicted octanol–water partition coefficient (Wildman–Crippen LogP) is 4.60. The lowest BCUT2D eigenvalue weighted by Crippen LogP contribution is -2.35. The van der Waals surface area contributed by atoms with Gasteiger partial charge in [-0.1, -0.05) is 23.8 Å². The highest BCUT2D eigenvalue weighted by molar-refractivity contribution is 5.92. The molecule has 0 saturated heterocycles. The summed E-state index contributed by atoms with van der Waals surface area (Å²) in [4.78, 5) is 24.8. The maximum Gasteiger partial charge on any atom is 0.410 e. The van der Waals surface area contributed by atoms with Gasteiger partial charge in [0.15, 0.2) is 6.29 Å². The Hall–Kier alpha value is -2.56. The molecule has 26 heavy (non-hydrogen) atoms. The number of hydrogen-bond donors (Lipinski definition) is 0. The summed E-state index contributed by atoms with van der Waals surface area (Å²) in [5.41, 5.74) is 1.17. The molecule has 5 nitrogen and oxygen atoms in total. The van der Waals surface area contributed by atoms with Gasteiger partial charge in [-0.2, -0.15) is 0 Å². The SMILES string of the molecule is Cc1ccc2cc(C=O)c(OCCCN(C)C(=O)OC(C)(C)C)cc2c1. The maximum atomic E-state index is 11.9. The van der Waals surface area contributed by atoms with Gasteiger partial charge in [-0.15, -0.1) is 0 Å². The smallest absolute Gasteiger partial charge is 0.410 e. The molecule has 0 atom stereocenters. The fourth-order valence-electron chi connectivity index (χ4n) is 2.55. The van der Waals surface area contributed by atoms with Crippen LogP contribution >= 0.6 is 0 Å². The summed E-state index contributed by atoms with van der Waals surface area (Å²) >= 11 is 0. The van der Waals surface area contributed by atoms with Crippen molar-refractivity contribution in [2.45, 2.75) is 39.7 Å². The van der Waals surface area contributed by atoms with Gasteiger partial charge in [0.05, 0.1) is 12.2 Å². The molecular weight excluding hydrogens is 330 g/mol.